The second-order valence-corrected chi connectivity index (χ2v) is 1.71. The van der Waals surface area contributed by atoms with Gasteiger partial charge in [0.2, 0.25) is 0 Å². The van der Waals surface area contributed by atoms with Crippen LogP contribution in [0.3, 0.4) is 0 Å². The Morgan fingerprint density at radius 2 is 1.70 bits per heavy atom. The molecular weight excluding hydrogens is 320 g/mol. The monoisotopic (exact) mass is 329 g/mol. The molecule has 0 amide bonds. The Balaban J connectivity index is 0.000000810. The minimum absolute atomic E-state index is 0. The summed E-state index contributed by atoms with van der Waals surface area (Å²) in [5, 5.41) is 7.09. The second kappa shape index (κ2) is 4.43. The van der Waals surface area contributed by atoms with Gasteiger partial charge in [-0.25, -0.2) is 0 Å². The van der Waals surface area contributed by atoms with Crippen molar-refractivity contribution >= 4 is 27.3 Å². The van der Waals surface area contributed by atoms with Crippen LogP contribution in [0.2, 0.25) is 0 Å². The maximum absolute atomic E-state index is 8.89. The fourth-order valence-electron chi connectivity index (χ4n) is 0.538. The van der Waals surface area contributed by atoms with Gasteiger partial charge in [-0.1, -0.05) is 18.2 Å². The molecule has 0 aromatic heterocycles. The van der Waals surface area contributed by atoms with Crippen LogP contribution in [0.1, 0.15) is 0 Å². The normalized spacial score (nSPS) is 8.00. The van der Waals surface area contributed by atoms with Gasteiger partial charge in [0.05, 0.1) is 6.07 Å². The van der Waals surface area contributed by atoms with Crippen LogP contribution in [0.4, 0.5) is 0 Å². The van der Waals surface area contributed by atoms with Gasteiger partial charge in [-0.05, 0) is 0 Å². The zero-order chi connectivity index (χ0) is 6.69. The summed E-state index contributed by atoms with van der Waals surface area (Å²) < 4.78 is 0. The van der Waals surface area contributed by atoms with Gasteiger partial charge in [-0.3, -0.25) is 4.79 Å². The Hall–Kier alpha value is -0.388. The molecule has 0 spiro atoms. The van der Waals surface area contributed by atoms with Crippen molar-refractivity contribution in [3.63, 3.8) is 0 Å². The summed E-state index contributed by atoms with van der Waals surface area (Å²) in [6, 6.07) is 8.19. The van der Waals surface area contributed by atoms with E-state index in [2.05, 4.69) is 0 Å². The van der Waals surface area contributed by atoms with E-state index in [1.165, 1.54) is 12.1 Å². The minimum atomic E-state index is 0. The average molecular weight is 329 g/mol. The molecule has 0 aliphatic rings. The largest absolute Gasteiger partial charge is 3.00 e. The van der Waals surface area contributed by atoms with Crippen molar-refractivity contribution in [1.82, 2.24) is 0 Å². The van der Waals surface area contributed by atoms with Crippen LogP contribution in [0, 0.1) is 0 Å². The summed E-state index contributed by atoms with van der Waals surface area (Å²) in [7, 11) is 0. The number of rotatable bonds is 0. The summed E-state index contributed by atoms with van der Waals surface area (Å²) in [6.45, 7) is 0. The van der Waals surface area contributed by atoms with Gasteiger partial charge in [0, 0.05) is 6.07 Å². The van der Waals surface area contributed by atoms with E-state index in [9.17, 15) is 0 Å². The Morgan fingerprint density at radius 1 is 1.10 bits per heavy atom. The Morgan fingerprint density at radius 3 is 2.40 bits per heavy atom. The maximum Gasteiger partial charge on any atom is 3.00 e. The van der Waals surface area contributed by atoms with Crippen molar-refractivity contribution < 1.29 is 9.90 Å². The predicted octanol–water partition coefficient (Wildman–Crippen LogP) is -0.252. The van der Waals surface area contributed by atoms with E-state index in [0.717, 1.165) is 0 Å². The van der Waals surface area contributed by atoms with E-state index in [0.29, 0.717) is 0 Å². The molecule has 46 valence electrons. The quantitative estimate of drug-likeness (QED) is 0.466. The molecule has 0 bridgehead atoms. The zero-order valence-corrected chi connectivity index (χ0v) is 9.90. The van der Waals surface area contributed by atoms with Crippen LogP contribution in [-0.2, 0) is 0 Å². The van der Waals surface area contributed by atoms with Crippen LogP contribution < -0.4 is 5.43 Å². The summed E-state index contributed by atoms with van der Waals surface area (Å²) >= 11 is 0. The number of hydrogen-bond donors (Lipinski definition) is 0. The predicted molar refractivity (Wildman–Crippen MR) is 40.3 cm³/mol. The average Bonchev–Trinajstić information content (AvgIpc) is 1.99. The smallest absolute Gasteiger partial charge is 0.587 e. The van der Waals surface area contributed by atoms with E-state index in [1.807, 2.05) is 0 Å². The molecule has 0 fully saturated rings. The molecule has 0 aliphatic carbocycles. The SMILES string of the molecule is [OH+]=c1cccccc1[OH2+].[Tl+3]. The van der Waals surface area contributed by atoms with Crippen molar-refractivity contribution in [2.24, 2.45) is 0 Å². The molecule has 1 aromatic carbocycles. The van der Waals surface area contributed by atoms with Gasteiger partial charge in [0.15, 0.2) is 0 Å². The van der Waals surface area contributed by atoms with Crippen LogP contribution in [0.25, 0.3) is 0 Å². The summed E-state index contributed by atoms with van der Waals surface area (Å²) in [5.41, 5.74) is 0.0139. The van der Waals surface area contributed by atoms with Gasteiger partial charge < -0.3 is 5.11 Å². The Labute approximate surface area is 78.7 Å². The second-order valence-electron chi connectivity index (χ2n) is 1.71. The third-order valence-electron chi connectivity index (χ3n) is 1.02. The van der Waals surface area contributed by atoms with Gasteiger partial charge in [0.1, 0.15) is 0 Å². The van der Waals surface area contributed by atoms with Gasteiger partial charge in [-0.2, -0.15) is 0 Å². The van der Waals surface area contributed by atoms with Crippen molar-refractivity contribution in [2.75, 3.05) is 0 Å². The first-order chi connectivity index (χ1) is 4.30. The molecule has 1 rings (SSSR count). The molecule has 0 heterocycles. The van der Waals surface area contributed by atoms with Crippen LogP contribution in [0.15, 0.2) is 30.3 Å². The molecular formula is C7H8O2Tl+5. The number of hydrogen-bond acceptors (Lipinski definition) is 0. The minimum Gasteiger partial charge on any atom is -0.587 e. The first-order valence-corrected chi connectivity index (χ1v) is 2.63. The topological polar surface area (TPSA) is 44.3 Å². The Kier molecular flexibility index (Phi) is 4.26. The van der Waals surface area contributed by atoms with Gasteiger partial charge in [-0.15, -0.1) is 0 Å². The van der Waals surface area contributed by atoms with Crippen molar-refractivity contribution in [3.05, 3.63) is 35.8 Å². The van der Waals surface area contributed by atoms with E-state index >= 15 is 0 Å². The molecule has 10 heavy (non-hydrogen) atoms. The molecule has 2 nitrogen and oxygen atoms in total. The van der Waals surface area contributed by atoms with Crippen LogP contribution in [0.5, 0.6) is 5.75 Å². The van der Waals surface area contributed by atoms with Crippen LogP contribution >= 0.6 is 0 Å². The standard InChI is InChI=1S/C7H6O2.Tl/c8-6-4-2-1-3-5-7(6)9;/h1-5H,(H,8,9);/q;+3/p+2. The van der Waals surface area contributed by atoms with Gasteiger partial charge in [0.25, 0.3) is 0 Å². The molecule has 0 atom stereocenters. The van der Waals surface area contributed by atoms with Crippen molar-refractivity contribution in [2.45, 2.75) is 0 Å². The molecule has 0 aliphatic heterocycles. The molecule has 1 aromatic rings. The molecule has 0 saturated carbocycles. The molecule has 3 heteroatoms. The molecule has 3 N–H and O–H groups in total. The summed E-state index contributed by atoms with van der Waals surface area (Å²) in [4.78, 5) is 8.89. The van der Waals surface area contributed by atoms with Crippen LogP contribution in [-0.4, -0.2) is 37.2 Å². The fourth-order valence-corrected chi connectivity index (χ4v) is 0.538. The van der Waals surface area contributed by atoms with E-state index in [4.69, 9.17) is 9.90 Å². The van der Waals surface area contributed by atoms with Gasteiger partial charge >= 0.3 is 38.5 Å². The van der Waals surface area contributed by atoms with E-state index in [-0.39, 0.29) is 38.5 Å². The third-order valence-corrected chi connectivity index (χ3v) is 1.02. The third kappa shape index (κ3) is 2.47. The maximum atomic E-state index is 8.89. The van der Waals surface area contributed by atoms with Crippen molar-refractivity contribution in [3.8, 4) is 5.75 Å². The first-order valence-electron chi connectivity index (χ1n) is 2.63. The van der Waals surface area contributed by atoms with E-state index in [1.54, 1.807) is 18.2 Å². The summed E-state index contributed by atoms with van der Waals surface area (Å²) in [6.07, 6.45) is 0. The Bertz CT molecular complexity index is 259. The fraction of sp³-hybridized carbons (Fsp3) is 0. The summed E-state index contributed by atoms with van der Waals surface area (Å²) in [5.74, 6) is 0.153. The zero-order valence-electron chi connectivity index (χ0n) is 5.41. The molecule has 0 saturated heterocycles. The molecule has 0 unspecified atom stereocenters. The first kappa shape index (κ1) is 9.61. The molecule has 0 radical (unpaired) electrons. The van der Waals surface area contributed by atoms with E-state index < -0.39 is 0 Å². The van der Waals surface area contributed by atoms with Crippen molar-refractivity contribution in [1.29, 1.82) is 0 Å².